The molecule has 3 amide bonds. The summed E-state index contributed by atoms with van der Waals surface area (Å²) in [5.41, 5.74) is 4.31. The molecular formula is C35H40N4O6S. The van der Waals surface area contributed by atoms with Crippen LogP contribution < -0.4 is 14.8 Å². The van der Waals surface area contributed by atoms with Crippen molar-refractivity contribution in [2.75, 3.05) is 27.7 Å². The third kappa shape index (κ3) is 7.66. The van der Waals surface area contributed by atoms with Crippen LogP contribution in [0.2, 0.25) is 0 Å². The second-order valence-electron chi connectivity index (χ2n) is 11.3. The monoisotopic (exact) mass is 644 g/mol. The number of fused-ring (bicyclic) bond motifs is 1. The van der Waals surface area contributed by atoms with Gasteiger partial charge in [-0.1, -0.05) is 37.3 Å². The molecule has 242 valence electrons. The number of sulfonamides is 1. The lowest BCUT2D eigenvalue weighted by atomic mass is 9.86. The van der Waals surface area contributed by atoms with Crippen LogP contribution in [0.25, 0.3) is 17.0 Å². The van der Waals surface area contributed by atoms with E-state index in [0.29, 0.717) is 29.0 Å². The average molecular weight is 645 g/mol. The van der Waals surface area contributed by atoms with Crippen LogP contribution in [0.5, 0.6) is 5.75 Å². The molecule has 0 aliphatic carbocycles. The number of aromatic amines is 1. The second kappa shape index (κ2) is 14.5. The van der Waals surface area contributed by atoms with Gasteiger partial charge in [-0.05, 0) is 73.4 Å². The molecule has 4 aromatic rings. The van der Waals surface area contributed by atoms with Crippen LogP contribution >= 0.6 is 0 Å². The maximum Gasteiger partial charge on any atom is 0.265 e. The Morgan fingerprint density at radius 2 is 1.76 bits per heavy atom. The molecule has 1 atom stereocenters. The largest absolute Gasteiger partial charge is 0.496 e. The highest BCUT2D eigenvalue weighted by Gasteiger charge is 2.27. The van der Waals surface area contributed by atoms with Crippen LogP contribution in [0.1, 0.15) is 65.2 Å². The molecule has 0 saturated heterocycles. The predicted octanol–water partition coefficient (Wildman–Crippen LogP) is 5.14. The number of ether oxygens (including phenoxy) is 1. The number of aryl methyl sites for hydroxylation is 1. The molecule has 11 heteroatoms. The average Bonchev–Trinajstić information content (AvgIpc) is 3.44. The lowest BCUT2D eigenvalue weighted by Gasteiger charge is -2.22. The Balaban J connectivity index is 1.74. The quantitative estimate of drug-likeness (QED) is 0.183. The van der Waals surface area contributed by atoms with E-state index >= 15 is 0 Å². The Bertz CT molecular complexity index is 1910. The molecule has 0 saturated carbocycles. The molecule has 46 heavy (non-hydrogen) atoms. The summed E-state index contributed by atoms with van der Waals surface area (Å²) in [6, 6.07) is 16.9. The van der Waals surface area contributed by atoms with Crippen molar-refractivity contribution in [3.8, 4) is 5.75 Å². The van der Waals surface area contributed by atoms with Gasteiger partial charge in [-0.15, -0.1) is 0 Å². The number of hydrogen-bond acceptors (Lipinski definition) is 6. The van der Waals surface area contributed by atoms with E-state index in [1.54, 1.807) is 52.2 Å². The first-order chi connectivity index (χ1) is 21.9. The van der Waals surface area contributed by atoms with Crippen LogP contribution in [0.15, 0.2) is 77.3 Å². The zero-order valence-electron chi connectivity index (χ0n) is 26.9. The van der Waals surface area contributed by atoms with Crippen LogP contribution in [-0.4, -0.2) is 63.8 Å². The number of methoxy groups -OCH3 is 1. The summed E-state index contributed by atoms with van der Waals surface area (Å²) in [6.45, 7) is 6.01. The topological polar surface area (TPSA) is 138 Å². The van der Waals surface area contributed by atoms with E-state index in [9.17, 15) is 22.8 Å². The van der Waals surface area contributed by atoms with Crippen molar-refractivity contribution in [2.24, 2.45) is 0 Å². The lowest BCUT2D eigenvalue weighted by molar-refractivity contribution is -0.128. The molecule has 1 heterocycles. The van der Waals surface area contributed by atoms with E-state index in [1.807, 2.05) is 37.4 Å². The number of rotatable bonds is 12. The van der Waals surface area contributed by atoms with Gasteiger partial charge in [0.25, 0.3) is 15.9 Å². The van der Waals surface area contributed by atoms with Crippen molar-refractivity contribution in [1.29, 1.82) is 0 Å². The zero-order valence-corrected chi connectivity index (χ0v) is 27.7. The molecule has 3 N–H and O–H groups in total. The molecule has 4 rings (SSSR count). The molecule has 0 fully saturated rings. The highest BCUT2D eigenvalue weighted by atomic mass is 32.2. The Hall–Kier alpha value is -4.90. The Morgan fingerprint density at radius 1 is 1.02 bits per heavy atom. The first-order valence-corrected chi connectivity index (χ1v) is 16.4. The number of amides is 3. The fourth-order valence-corrected chi connectivity index (χ4v) is 6.43. The van der Waals surface area contributed by atoms with Gasteiger partial charge in [-0.25, -0.2) is 13.1 Å². The highest BCUT2D eigenvalue weighted by molar-refractivity contribution is 7.90. The van der Waals surface area contributed by atoms with E-state index in [-0.39, 0.29) is 28.7 Å². The van der Waals surface area contributed by atoms with Crippen LogP contribution in [0.4, 0.5) is 0 Å². The van der Waals surface area contributed by atoms with Crippen molar-refractivity contribution < 1.29 is 27.5 Å². The summed E-state index contributed by atoms with van der Waals surface area (Å²) >= 11 is 0. The molecule has 1 unspecified atom stereocenters. The summed E-state index contributed by atoms with van der Waals surface area (Å²) in [7, 11) is 0.709. The number of nitrogens with zero attached hydrogens (tertiary/aromatic N) is 1. The van der Waals surface area contributed by atoms with E-state index < -0.39 is 21.8 Å². The van der Waals surface area contributed by atoms with Crippen molar-refractivity contribution in [3.63, 3.8) is 0 Å². The van der Waals surface area contributed by atoms with Crippen molar-refractivity contribution in [3.05, 3.63) is 100 Å². The smallest absolute Gasteiger partial charge is 0.265 e. The van der Waals surface area contributed by atoms with Crippen molar-refractivity contribution in [2.45, 2.75) is 44.4 Å². The van der Waals surface area contributed by atoms with Gasteiger partial charge < -0.3 is 19.9 Å². The molecular weight excluding hydrogens is 604 g/mol. The number of carbonyl (C=O) groups is 3. The maximum absolute atomic E-state index is 13.2. The van der Waals surface area contributed by atoms with Crippen molar-refractivity contribution in [1.82, 2.24) is 19.9 Å². The molecule has 3 aromatic carbocycles. The van der Waals surface area contributed by atoms with Crippen molar-refractivity contribution >= 4 is 44.7 Å². The third-order valence-corrected chi connectivity index (χ3v) is 9.24. The first-order valence-electron chi connectivity index (χ1n) is 14.9. The van der Waals surface area contributed by atoms with E-state index in [0.717, 1.165) is 28.5 Å². The molecule has 0 aliphatic heterocycles. The minimum Gasteiger partial charge on any atom is -0.496 e. The summed E-state index contributed by atoms with van der Waals surface area (Å²) in [6.07, 6.45) is 4.61. The van der Waals surface area contributed by atoms with Gasteiger partial charge in [-0.3, -0.25) is 14.4 Å². The number of benzene rings is 3. The van der Waals surface area contributed by atoms with Gasteiger partial charge in [0.2, 0.25) is 11.8 Å². The molecule has 0 radical (unpaired) electrons. The Morgan fingerprint density at radius 3 is 2.43 bits per heavy atom. The third-order valence-electron chi connectivity index (χ3n) is 7.75. The van der Waals surface area contributed by atoms with Gasteiger partial charge in [0.15, 0.2) is 0 Å². The first kappa shape index (κ1) is 34.0. The van der Waals surface area contributed by atoms with Crippen LogP contribution in [0.3, 0.4) is 0 Å². The van der Waals surface area contributed by atoms with Gasteiger partial charge >= 0.3 is 0 Å². The molecule has 1 aromatic heterocycles. The second-order valence-corrected chi connectivity index (χ2v) is 13.0. The Labute approximate surface area is 269 Å². The Kier molecular flexibility index (Phi) is 10.7. The zero-order chi connectivity index (χ0) is 33.6. The van der Waals surface area contributed by atoms with E-state index in [4.69, 9.17) is 4.74 Å². The van der Waals surface area contributed by atoms with Gasteiger partial charge in [0.05, 0.1) is 12.0 Å². The number of hydrogen-bond donors (Lipinski definition) is 3. The van der Waals surface area contributed by atoms with Gasteiger partial charge in [0, 0.05) is 66.8 Å². The maximum atomic E-state index is 13.2. The van der Waals surface area contributed by atoms with E-state index in [1.165, 1.54) is 30.2 Å². The number of aromatic nitrogens is 1. The summed E-state index contributed by atoms with van der Waals surface area (Å²) < 4.78 is 33.8. The molecule has 0 bridgehead atoms. The minimum atomic E-state index is -4.12. The van der Waals surface area contributed by atoms with Crippen LogP contribution in [-0.2, 0) is 19.6 Å². The SMILES string of the molecule is CCCNC(=O)/C(C)=C/c1ccc2[nH]cc(C(CC(=O)N(C)C)c3ccc(C(=O)NS(=O)(=O)c4ccccc4C)cc3OC)c2c1. The van der Waals surface area contributed by atoms with Gasteiger partial charge in [-0.2, -0.15) is 0 Å². The number of nitrogens with one attached hydrogen (secondary N) is 3. The molecule has 10 nitrogen and oxygen atoms in total. The number of H-pyrrole nitrogens is 1. The fourth-order valence-electron chi connectivity index (χ4n) is 5.21. The summed E-state index contributed by atoms with van der Waals surface area (Å²) in [4.78, 5) is 43.6. The highest BCUT2D eigenvalue weighted by Crippen LogP contribution is 2.39. The number of carbonyl (C=O) groups excluding carboxylic acids is 3. The summed E-state index contributed by atoms with van der Waals surface area (Å²) in [5, 5.41) is 3.75. The standard InChI is InChI=1S/C35H40N4O6S/c1-7-16-36-34(41)23(3)17-24-12-15-30-28(18-24)29(21-37-30)27(20-33(40)39(4)5)26-14-13-25(19-31(26)45-6)35(42)38-46(43,44)32-11-9-8-10-22(32)2/h8-15,17-19,21,27,37H,7,16,20H2,1-6H3,(H,36,41)(H,38,42)/b23-17+. The normalized spacial score (nSPS) is 12.4. The lowest BCUT2D eigenvalue weighted by Crippen LogP contribution is -2.31. The fraction of sp³-hybridized carbons (Fsp3) is 0.286. The van der Waals surface area contributed by atoms with Gasteiger partial charge in [0.1, 0.15) is 5.75 Å². The predicted molar refractivity (Wildman–Crippen MR) is 179 cm³/mol. The van der Waals surface area contributed by atoms with Crippen LogP contribution in [0, 0.1) is 6.92 Å². The molecule has 0 spiro atoms. The minimum absolute atomic E-state index is 0.0135. The van der Waals surface area contributed by atoms with E-state index in [2.05, 4.69) is 15.0 Å². The molecule has 0 aliphatic rings. The summed E-state index contributed by atoms with van der Waals surface area (Å²) in [5.74, 6) is -1.22.